The van der Waals surface area contributed by atoms with E-state index in [0.717, 1.165) is 32.2 Å². The molecule has 0 radical (unpaired) electrons. The highest BCUT2D eigenvalue weighted by molar-refractivity contribution is 5.94. The molecule has 1 unspecified atom stereocenters. The normalized spacial score (nSPS) is 18.8. The van der Waals surface area contributed by atoms with Crippen molar-refractivity contribution in [1.82, 2.24) is 9.88 Å². The van der Waals surface area contributed by atoms with Crippen LogP contribution in [0, 0.1) is 0 Å². The van der Waals surface area contributed by atoms with Gasteiger partial charge in [-0.15, -0.1) is 0 Å². The standard InChI is InChI=1S/C14H21N3O/c1-2-8-17-10-11(15)9-13(17)14(18)16-12-6-4-3-5-7-12/h3-4,9-10,12H,2,5-8,15H2,1H3,(H,16,18). The molecule has 18 heavy (non-hydrogen) atoms. The molecular weight excluding hydrogens is 226 g/mol. The van der Waals surface area contributed by atoms with Gasteiger partial charge in [-0.3, -0.25) is 4.79 Å². The predicted octanol–water partition coefficient (Wildman–Crippen LogP) is 2.32. The van der Waals surface area contributed by atoms with Gasteiger partial charge in [0.25, 0.3) is 5.91 Å². The number of nitrogens with two attached hydrogens (primary N) is 1. The van der Waals surface area contributed by atoms with Crippen LogP contribution in [-0.4, -0.2) is 16.5 Å². The number of aromatic nitrogens is 1. The van der Waals surface area contributed by atoms with E-state index >= 15 is 0 Å². The average Bonchev–Trinajstić information content (AvgIpc) is 2.72. The summed E-state index contributed by atoms with van der Waals surface area (Å²) in [4.78, 5) is 12.2. The van der Waals surface area contributed by atoms with Gasteiger partial charge in [0.1, 0.15) is 5.69 Å². The lowest BCUT2D eigenvalue weighted by Crippen LogP contribution is -2.36. The molecule has 1 aliphatic rings. The van der Waals surface area contributed by atoms with Crippen molar-refractivity contribution in [2.75, 3.05) is 5.73 Å². The molecule has 1 atom stereocenters. The smallest absolute Gasteiger partial charge is 0.268 e. The zero-order valence-corrected chi connectivity index (χ0v) is 10.9. The Hall–Kier alpha value is -1.71. The van der Waals surface area contributed by atoms with Gasteiger partial charge >= 0.3 is 0 Å². The second-order valence-corrected chi connectivity index (χ2v) is 4.81. The van der Waals surface area contributed by atoms with E-state index in [9.17, 15) is 4.79 Å². The number of allylic oxidation sites excluding steroid dienone is 1. The van der Waals surface area contributed by atoms with Crippen LogP contribution < -0.4 is 11.1 Å². The van der Waals surface area contributed by atoms with Crippen LogP contribution >= 0.6 is 0 Å². The number of carbonyl (C=O) groups excluding carboxylic acids is 1. The zero-order valence-electron chi connectivity index (χ0n) is 10.9. The summed E-state index contributed by atoms with van der Waals surface area (Å²) < 4.78 is 1.93. The molecule has 98 valence electrons. The molecule has 0 bridgehead atoms. The molecule has 2 rings (SSSR count). The van der Waals surface area contributed by atoms with Crippen LogP contribution in [0.25, 0.3) is 0 Å². The SMILES string of the molecule is CCCn1cc(N)cc1C(=O)NC1CC=CCC1. The number of nitrogens with one attached hydrogen (secondary N) is 1. The van der Waals surface area contributed by atoms with E-state index in [1.165, 1.54) is 0 Å². The Balaban J connectivity index is 2.05. The summed E-state index contributed by atoms with van der Waals surface area (Å²) in [6.45, 7) is 2.91. The maximum Gasteiger partial charge on any atom is 0.268 e. The Bertz CT molecular complexity index is 448. The van der Waals surface area contributed by atoms with Crippen molar-refractivity contribution in [3.8, 4) is 0 Å². The molecule has 0 saturated carbocycles. The van der Waals surface area contributed by atoms with Crippen LogP contribution in [0.3, 0.4) is 0 Å². The molecule has 4 nitrogen and oxygen atoms in total. The first-order chi connectivity index (χ1) is 8.70. The van der Waals surface area contributed by atoms with Crippen LogP contribution in [0.4, 0.5) is 5.69 Å². The average molecular weight is 247 g/mol. The summed E-state index contributed by atoms with van der Waals surface area (Å²) in [5.41, 5.74) is 7.09. The molecule has 1 amide bonds. The number of nitrogens with zero attached hydrogens (tertiary/aromatic N) is 1. The van der Waals surface area contributed by atoms with Crippen molar-refractivity contribution >= 4 is 11.6 Å². The maximum atomic E-state index is 12.2. The van der Waals surface area contributed by atoms with Crippen LogP contribution in [0.1, 0.15) is 43.1 Å². The van der Waals surface area contributed by atoms with Gasteiger partial charge in [0.05, 0.1) is 5.69 Å². The van der Waals surface area contributed by atoms with Crippen molar-refractivity contribution in [2.45, 2.75) is 45.2 Å². The van der Waals surface area contributed by atoms with Gasteiger partial charge in [0.2, 0.25) is 0 Å². The third-order valence-corrected chi connectivity index (χ3v) is 3.22. The first kappa shape index (κ1) is 12.7. The second kappa shape index (κ2) is 5.76. The number of nitrogen functional groups attached to an aromatic ring is 1. The first-order valence-electron chi connectivity index (χ1n) is 6.62. The van der Waals surface area contributed by atoms with Crippen molar-refractivity contribution in [2.24, 2.45) is 0 Å². The Labute approximate surface area is 108 Å². The molecule has 0 aromatic carbocycles. The summed E-state index contributed by atoms with van der Waals surface area (Å²) in [6.07, 6.45) is 10.1. The number of carbonyl (C=O) groups is 1. The Morgan fingerprint density at radius 1 is 1.56 bits per heavy atom. The number of anilines is 1. The lowest BCUT2D eigenvalue weighted by Gasteiger charge is -2.19. The molecule has 0 spiro atoms. The topological polar surface area (TPSA) is 60.0 Å². The lowest BCUT2D eigenvalue weighted by molar-refractivity contribution is 0.0925. The predicted molar refractivity (Wildman–Crippen MR) is 73.4 cm³/mol. The van der Waals surface area contributed by atoms with Crippen molar-refractivity contribution in [1.29, 1.82) is 0 Å². The molecule has 3 N–H and O–H groups in total. The molecule has 1 aromatic heterocycles. The lowest BCUT2D eigenvalue weighted by atomic mass is 10.0. The summed E-state index contributed by atoms with van der Waals surface area (Å²) >= 11 is 0. The van der Waals surface area contributed by atoms with E-state index in [1.807, 2.05) is 10.8 Å². The highest BCUT2D eigenvalue weighted by Gasteiger charge is 2.17. The summed E-state index contributed by atoms with van der Waals surface area (Å²) in [7, 11) is 0. The quantitative estimate of drug-likeness (QED) is 0.802. The van der Waals surface area contributed by atoms with Gasteiger partial charge in [-0.05, 0) is 31.7 Å². The molecule has 0 aliphatic heterocycles. The summed E-state index contributed by atoms with van der Waals surface area (Å²) in [6, 6.07) is 2.01. The minimum absolute atomic E-state index is 0.0135. The molecule has 0 fully saturated rings. The van der Waals surface area contributed by atoms with Gasteiger partial charge in [0.15, 0.2) is 0 Å². The highest BCUT2D eigenvalue weighted by Crippen LogP contribution is 2.14. The van der Waals surface area contributed by atoms with E-state index in [1.54, 1.807) is 6.07 Å². The van der Waals surface area contributed by atoms with E-state index in [4.69, 9.17) is 5.73 Å². The summed E-state index contributed by atoms with van der Waals surface area (Å²) in [5, 5.41) is 3.08. The van der Waals surface area contributed by atoms with Gasteiger partial charge < -0.3 is 15.6 Å². The number of hydrogen-bond donors (Lipinski definition) is 2. The van der Waals surface area contributed by atoms with Crippen LogP contribution in [0.15, 0.2) is 24.4 Å². The third-order valence-electron chi connectivity index (χ3n) is 3.22. The minimum atomic E-state index is -0.0135. The van der Waals surface area contributed by atoms with E-state index in [0.29, 0.717) is 11.4 Å². The minimum Gasteiger partial charge on any atom is -0.397 e. The monoisotopic (exact) mass is 247 g/mol. The summed E-state index contributed by atoms with van der Waals surface area (Å²) in [5.74, 6) is -0.0135. The van der Waals surface area contributed by atoms with E-state index in [-0.39, 0.29) is 11.9 Å². The first-order valence-corrected chi connectivity index (χ1v) is 6.62. The zero-order chi connectivity index (χ0) is 13.0. The maximum absolute atomic E-state index is 12.2. The number of amides is 1. The van der Waals surface area contributed by atoms with Gasteiger partial charge in [-0.25, -0.2) is 0 Å². The fourth-order valence-corrected chi connectivity index (χ4v) is 2.33. The fraction of sp³-hybridized carbons (Fsp3) is 0.500. The second-order valence-electron chi connectivity index (χ2n) is 4.81. The van der Waals surface area contributed by atoms with E-state index < -0.39 is 0 Å². The Morgan fingerprint density at radius 3 is 3.06 bits per heavy atom. The molecule has 1 heterocycles. The molecule has 1 aromatic rings. The third kappa shape index (κ3) is 2.94. The van der Waals surface area contributed by atoms with E-state index in [2.05, 4.69) is 24.4 Å². The van der Waals surface area contributed by atoms with Gasteiger partial charge in [-0.1, -0.05) is 19.1 Å². The largest absolute Gasteiger partial charge is 0.397 e. The number of aryl methyl sites for hydroxylation is 1. The highest BCUT2D eigenvalue weighted by atomic mass is 16.2. The van der Waals surface area contributed by atoms with Crippen LogP contribution in [0.5, 0.6) is 0 Å². The molecule has 0 saturated heterocycles. The van der Waals surface area contributed by atoms with Crippen molar-refractivity contribution in [3.05, 3.63) is 30.1 Å². The van der Waals surface area contributed by atoms with Crippen molar-refractivity contribution in [3.63, 3.8) is 0 Å². The van der Waals surface area contributed by atoms with Gasteiger partial charge in [-0.2, -0.15) is 0 Å². The van der Waals surface area contributed by atoms with Gasteiger partial charge in [0, 0.05) is 18.8 Å². The molecule has 4 heteroatoms. The fourth-order valence-electron chi connectivity index (χ4n) is 2.33. The Kier molecular flexibility index (Phi) is 4.07. The van der Waals surface area contributed by atoms with Crippen molar-refractivity contribution < 1.29 is 4.79 Å². The molecular formula is C14H21N3O. The number of rotatable bonds is 4. The van der Waals surface area contributed by atoms with Crippen LogP contribution in [0.2, 0.25) is 0 Å². The number of hydrogen-bond acceptors (Lipinski definition) is 2. The Morgan fingerprint density at radius 2 is 2.39 bits per heavy atom. The van der Waals surface area contributed by atoms with Crippen LogP contribution in [-0.2, 0) is 6.54 Å². The molecule has 1 aliphatic carbocycles.